The predicted octanol–water partition coefficient (Wildman–Crippen LogP) is 2.09. The molecule has 0 bridgehead atoms. The Morgan fingerprint density at radius 1 is 1.29 bits per heavy atom. The zero-order valence-electron chi connectivity index (χ0n) is 8.36. The Hall–Kier alpha value is -1.28. The van der Waals surface area contributed by atoms with Crippen LogP contribution in [0.25, 0.3) is 5.57 Å². The monoisotopic (exact) mass is 188 g/mol. The third kappa shape index (κ3) is 1.80. The molecule has 2 heteroatoms. The summed E-state index contributed by atoms with van der Waals surface area (Å²) in [5, 5.41) is 4.29. The minimum Gasteiger partial charge on any atom is -0.496 e. The van der Waals surface area contributed by atoms with Crippen molar-refractivity contribution in [1.29, 1.82) is 0 Å². The first kappa shape index (κ1) is 9.28. The van der Waals surface area contributed by atoms with E-state index in [0.29, 0.717) is 0 Å². The van der Waals surface area contributed by atoms with E-state index in [9.17, 15) is 0 Å². The Kier molecular flexibility index (Phi) is 2.84. The van der Waals surface area contributed by atoms with Gasteiger partial charge >= 0.3 is 0 Å². The van der Waals surface area contributed by atoms with Crippen LogP contribution in [0.15, 0.2) is 30.3 Å². The maximum Gasteiger partial charge on any atom is 0.126 e. The van der Waals surface area contributed by atoms with Crippen LogP contribution in [0.4, 0.5) is 0 Å². The highest BCUT2D eigenvalue weighted by molar-refractivity contribution is 5.71. The van der Waals surface area contributed by atoms with Crippen LogP contribution < -0.4 is 10.1 Å². The molecule has 1 heterocycles. The van der Waals surface area contributed by atoms with Crippen LogP contribution in [0.2, 0.25) is 0 Å². The normalized spacial score (nSPS) is 16.2. The van der Waals surface area contributed by atoms with E-state index in [2.05, 4.69) is 17.5 Å². The molecule has 73 valence electrons. The summed E-state index contributed by atoms with van der Waals surface area (Å²) in [5.41, 5.74) is 2.57. The molecule has 0 saturated carbocycles. The maximum absolute atomic E-state index is 5.33. The Morgan fingerprint density at radius 2 is 2.14 bits per heavy atom. The van der Waals surface area contributed by atoms with E-state index in [1.807, 2.05) is 18.2 Å². The molecule has 0 aliphatic carbocycles. The van der Waals surface area contributed by atoms with Gasteiger partial charge in [0.15, 0.2) is 0 Å². The molecule has 0 aromatic heterocycles. The molecule has 0 atom stereocenters. The van der Waals surface area contributed by atoms with Gasteiger partial charge in [0.1, 0.15) is 5.75 Å². The summed E-state index contributed by atoms with van der Waals surface area (Å²) in [7, 11) is 1.71. The second-order valence-corrected chi connectivity index (χ2v) is 3.31. The Bertz CT molecular complexity index is 344. The molecule has 0 amide bonds. The quantitative estimate of drug-likeness (QED) is 0.697. The molecule has 0 N–H and O–H groups in total. The zero-order chi connectivity index (χ0) is 9.80. The first-order valence-electron chi connectivity index (χ1n) is 4.87. The molecule has 1 aromatic rings. The van der Waals surface area contributed by atoms with Crippen LogP contribution in [-0.4, -0.2) is 20.2 Å². The molecule has 1 aromatic carbocycles. The molecule has 0 saturated heterocycles. The minimum atomic E-state index is 0.841. The first-order chi connectivity index (χ1) is 6.92. The Balaban J connectivity index is 2.34. The first-order valence-corrected chi connectivity index (χ1v) is 4.87. The number of nitrogens with zero attached hydrogens (tertiary/aromatic N) is 1. The van der Waals surface area contributed by atoms with Crippen molar-refractivity contribution in [2.75, 3.05) is 20.2 Å². The number of rotatable bonds is 2. The number of benzene rings is 1. The Morgan fingerprint density at radius 3 is 2.86 bits per heavy atom. The fourth-order valence-corrected chi connectivity index (χ4v) is 1.72. The van der Waals surface area contributed by atoms with Gasteiger partial charge in [0.05, 0.1) is 7.11 Å². The topological polar surface area (TPSA) is 23.3 Å². The third-order valence-corrected chi connectivity index (χ3v) is 2.46. The van der Waals surface area contributed by atoms with E-state index < -0.39 is 0 Å². The second-order valence-electron chi connectivity index (χ2n) is 3.31. The third-order valence-electron chi connectivity index (χ3n) is 2.46. The van der Waals surface area contributed by atoms with E-state index in [1.165, 1.54) is 11.1 Å². The molecular formula is C12H14NO. The number of hydrogen-bond donors (Lipinski definition) is 0. The standard InChI is InChI=1S/C12H14NO/c1-14-12-5-3-2-4-11(12)10-6-8-13-9-7-10/h2-6H,7-9H2,1H3. The van der Waals surface area contributed by atoms with Crippen LogP contribution in [-0.2, 0) is 0 Å². The van der Waals surface area contributed by atoms with Crippen molar-refractivity contribution < 1.29 is 4.74 Å². The summed E-state index contributed by atoms with van der Waals surface area (Å²) in [6, 6.07) is 8.15. The van der Waals surface area contributed by atoms with Crippen molar-refractivity contribution in [1.82, 2.24) is 5.32 Å². The van der Waals surface area contributed by atoms with Gasteiger partial charge in [0.25, 0.3) is 0 Å². The van der Waals surface area contributed by atoms with Gasteiger partial charge in [0, 0.05) is 18.7 Å². The molecule has 1 radical (unpaired) electrons. The van der Waals surface area contributed by atoms with Gasteiger partial charge in [-0.1, -0.05) is 24.3 Å². The average molecular weight is 188 g/mol. The number of ether oxygens (including phenoxy) is 1. The van der Waals surface area contributed by atoms with Crippen LogP contribution in [0.3, 0.4) is 0 Å². The van der Waals surface area contributed by atoms with Crippen LogP contribution >= 0.6 is 0 Å². The maximum atomic E-state index is 5.33. The highest BCUT2D eigenvalue weighted by atomic mass is 16.5. The predicted molar refractivity (Wildman–Crippen MR) is 57.5 cm³/mol. The molecular weight excluding hydrogens is 174 g/mol. The number of hydrogen-bond acceptors (Lipinski definition) is 1. The molecule has 2 nitrogen and oxygen atoms in total. The molecule has 0 fully saturated rings. The summed E-state index contributed by atoms with van der Waals surface area (Å²) in [6.45, 7) is 1.78. The summed E-state index contributed by atoms with van der Waals surface area (Å²) < 4.78 is 5.33. The Labute approximate surface area is 84.6 Å². The summed E-state index contributed by atoms with van der Waals surface area (Å²) in [5.74, 6) is 0.959. The van der Waals surface area contributed by atoms with Gasteiger partial charge in [-0.3, -0.25) is 0 Å². The van der Waals surface area contributed by atoms with E-state index in [-0.39, 0.29) is 0 Å². The minimum absolute atomic E-state index is 0.841. The highest BCUT2D eigenvalue weighted by Crippen LogP contribution is 2.28. The van der Waals surface area contributed by atoms with Crippen molar-refractivity contribution in [2.45, 2.75) is 6.42 Å². The van der Waals surface area contributed by atoms with Crippen molar-refractivity contribution in [3.8, 4) is 5.75 Å². The van der Waals surface area contributed by atoms with Gasteiger partial charge in [-0.15, -0.1) is 0 Å². The molecule has 0 unspecified atom stereocenters. The summed E-state index contributed by atoms with van der Waals surface area (Å²) >= 11 is 0. The van der Waals surface area contributed by atoms with Gasteiger partial charge in [-0.2, -0.15) is 0 Å². The number of methoxy groups -OCH3 is 1. The van der Waals surface area contributed by atoms with E-state index in [4.69, 9.17) is 4.74 Å². The lowest BCUT2D eigenvalue weighted by Gasteiger charge is -2.15. The van der Waals surface area contributed by atoms with E-state index >= 15 is 0 Å². The van der Waals surface area contributed by atoms with Crippen molar-refractivity contribution in [3.05, 3.63) is 35.9 Å². The van der Waals surface area contributed by atoms with E-state index in [0.717, 1.165) is 25.3 Å². The van der Waals surface area contributed by atoms with Gasteiger partial charge in [-0.25, -0.2) is 5.32 Å². The van der Waals surface area contributed by atoms with Gasteiger partial charge < -0.3 is 4.74 Å². The molecule has 1 aliphatic rings. The zero-order valence-corrected chi connectivity index (χ0v) is 8.36. The van der Waals surface area contributed by atoms with Crippen molar-refractivity contribution >= 4 is 5.57 Å². The van der Waals surface area contributed by atoms with Crippen LogP contribution in [0.5, 0.6) is 5.75 Å². The fourth-order valence-electron chi connectivity index (χ4n) is 1.72. The molecule has 2 rings (SSSR count). The van der Waals surface area contributed by atoms with Gasteiger partial charge in [0.2, 0.25) is 0 Å². The lowest BCUT2D eigenvalue weighted by Crippen LogP contribution is -2.13. The molecule has 1 aliphatic heterocycles. The van der Waals surface area contributed by atoms with Gasteiger partial charge in [-0.05, 0) is 18.1 Å². The fraction of sp³-hybridized carbons (Fsp3) is 0.333. The van der Waals surface area contributed by atoms with Crippen LogP contribution in [0, 0.1) is 0 Å². The SMILES string of the molecule is COc1ccccc1C1=CC[N]CC1. The van der Waals surface area contributed by atoms with E-state index in [1.54, 1.807) is 7.11 Å². The highest BCUT2D eigenvalue weighted by Gasteiger charge is 2.09. The van der Waals surface area contributed by atoms with Crippen LogP contribution in [0.1, 0.15) is 12.0 Å². The largest absolute Gasteiger partial charge is 0.496 e. The summed E-state index contributed by atoms with van der Waals surface area (Å²) in [6.07, 6.45) is 3.21. The second kappa shape index (κ2) is 4.29. The average Bonchev–Trinajstić information content (AvgIpc) is 2.30. The summed E-state index contributed by atoms with van der Waals surface area (Å²) in [4.78, 5) is 0. The van der Waals surface area contributed by atoms with Crippen molar-refractivity contribution in [2.24, 2.45) is 0 Å². The number of para-hydroxylation sites is 1. The molecule has 14 heavy (non-hydrogen) atoms. The molecule has 0 spiro atoms. The van der Waals surface area contributed by atoms with Crippen molar-refractivity contribution in [3.63, 3.8) is 0 Å². The lowest BCUT2D eigenvalue weighted by molar-refractivity contribution is 0.413. The smallest absolute Gasteiger partial charge is 0.126 e. The lowest BCUT2D eigenvalue weighted by atomic mass is 9.99.